The van der Waals surface area contributed by atoms with Gasteiger partial charge in [-0.3, -0.25) is 9.52 Å². The Kier molecular flexibility index (Phi) is 6.82. The van der Waals surface area contributed by atoms with Crippen LogP contribution in [0.25, 0.3) is 0 Å². The van der Waals surface area contributed by atoms with Crippen molar-refractivity contribution in [1.82, 2.24) is 4.72 Å². The third-order valence-electron chi connectivity index (χ3n) is 2.23. The molecule has 16 heavy (non-hydrogen) atoms. The predicted octanol–water partition coefficient (Wildman–Crippen LogP) is 1.28. The third kappa shape index (κ3) is 7.30. The van der Waals surface area contributed by atoms with Gasteiger partial charge in [0, 0.05) is 12.8 Å². The van der Waals surface area contributed by atoms with Crippen molar-refractivity contribution in [1.29, 1.82) is 0 Å². The number of nitrogens with one attached hydrogen (secondary N) is 1. The number of carbonyl (C=O) groups excluding carboxylic acids is 1. The van der Waals surface area contributed by atoms with Gasteiger partial charge in [0.2, 0.25) is 15.9 Å². The molecule has 4 nitrogen and oxygen atoms in total. The van der Waals surface area contributed by atoms with Gasteiger partial charge in [0.15, 0.2) is 0 Å². The van der Waals surface area contributed by atoms with Crippen molar-refractivity contribution in [2.24, 2.45) is 5.92 Å². The molecule has 0 aliphatic carbocycles. The molecule has 0 bridgehead atoms. The van der Waals surface area contributed by atoms with E-state index in [9.17, 15) is 13.2 Å². The predicted molar refractivity (Wildman–Crippen MR) is 64.1 cm³/mol. The molecular weight excluding hydrogens is 226 g/mol. The number of rotatable bonds is 7. The lowest BCUT2D eigenvalue weighted by molar-refractivity contribution is -0.120. The fourth-order valence-corrected chi connectivity index (χ4v) is 2.15. The summed E-state index contributed by atoms with van der Waals surface area (Å²) in [5.74, 6) is 2.02. The van der Waals surface area contributed by atoms with E-state index in [4.69, 9.17) is 6.42 Å². The third-order valence-corrected chi connectivity index (χ3v) is 3.60. The van der Waals surface area contributed by atoms with Crippen molar-refractivity contribution in [3.63, 3.8) is 0 Å². The Balaban J connectivity index is 4.07. The molecule has 0 heterocycles. The largest absolute Gasteiger partial charge is 0.274 e. The van der Waals surface area contributed by atoms with Crippen molar-refractivity contribution in [2.45, 2.75) is 39.5 Å². The van der Waals surface area contributed by atoms with Crippen molar-refractivity contribution in [2.75, 3.05) is 5.75 Å². The van der Waals surface area contributed by atoms with Crippen molar-refractivity contribution in [3.8, 4) is 12.3 Å². The van der Waals surface area contributed by atoms with E-state index in [1.807, 2.05) is 18.6 Å². The van der Waals surface area contributed by atoms with Gasteiger partial charge in [0.1, 0.15) is 0 Å². The molecule has 0 saturated heterocycles. The van der Waals surface area contributed by atoms with Crippen LogP contribution in [0.2, 0.25) is 0 Å². The summed E-state index contributed by atoms with van der Waals surface area (Å²) >= 11 is 0. The number of hydrogen-bond donors (Lipinski definition) is 1. The molecule has 5 heteroatoms. The minimum Gasteiger partial charge on any atom is -0.274 e. The summed E-state index contributed by atoms with van der Waals surface area (Å²) in [5, 5.41) is 0. The van der Waals surface area contributed by atoms with Crippen LogP contribution in [0, 0.1) is 18.3 Å². The van der Waals surface area contributed by atoms with Crippen LogP contribution in [0.15, 0.2) is 0 Å². The second kappa shape index (κ2) is 7.29. The SMILES string of the molecule is C#CCCCS(=O)(=O)NC(=O)CC(C)CC. The van der Waals surface area contributed by atoms with Gasteiger partial charge in [0.05, 0.1) is 5.75 Å². The van der Waals surface area contributed by atoms with E-state index in [0.717, 1.165) is 6.42 Å². The Labute approximate surface area is 97.9 Å². The van der Waals surface area contributed by atoms with E-state index in [0.29, 0.717) is 12.8 Å². The Bertz CT molecular complexity index is 354. The van der Waals surface area contributed by atoms with Crippen LogP contribution in [0.1, 0.15) is 39.5 Å². The summed E-state index contributed by atoms with van der Waals surface area (Å²) in [6, 6.07) is 0. The summed E-state index contributed by atoms with van der Waals surface area (Å²) in [4.78, 5) is 11.3. The molecular formula is C11H19NO3S. The molecule has 0 aromatic rings. The van der Waals surface area contributed by atoms with Gasteiger partial charge in [-0.25, -0.2) is 8.42 Å². The van der Waals surface area contributed by atoms with E-state index in [-0.39, 0.29) is 18.1 Å². The molecule has 0 aromatic carbocycles. The standard InChI is InChI=1S/C11H19NO3S/c1-4-6-7-8-16(14,15)12-11(13)9-10(3)5-2/h1,10H,5-9H2,2-3H3,(H,12,13). The molecule has 0 aromatic heterocycles. The van der Waals surface area contributed by atoms with Gasteiger partial charge in [-0.1, -0.05) is 20.3 Å². The Morgan fingerprint density at radius 1 is 1.50 bits per heavy atom. The molecule has 1 amide bonds. The van der Waals surface area contributed by atoms with Crippen LogP contribution < -0.4 is 4.72 Å². The zero-order valence-corrected chi connectivity index (χ0v) is 10.6. The smallest absolute Gasteiger partial charge is 0.234 e. The molecule has 0 aliphatic heterocycles. The van der Waals surface area contributed by atoms with Crippen LogP contribution >= 0.6 is 0 Å². The van der Waals surface area contributed by atoms with Gasteiger partial charge in [0.25, 0.3) is 0 Å². The van der Waals surface area contributed by atoms with Crippen LogP contribution in [-0.4, -0.2) is 20.1 Å². The summed E-state index contributed by atoms with van der Waals surface area (Å²) in [6.45, 7) is 3.86. The second-order valence-corrected chi connectivity index (χ2v) is 5.71. The molecule has 0 saturated carbocycles. The highest BCUT2D eigenvalue weighted by molar-refractivity contribution is 7.90. The van der Waals surface area contributed by atoms with E-state index in [1.165, 1.54) is 0 Å². The average Bonchev–Trinajstić information content (AvgIpc) is 2.16. The Hall–Kier alpha value is -1.02. The van der Waals surface area contributed by atoms with Crippen LogP contribution in [0.3, 0.4) is 0 Å². The van der Waals surface area contributed by atoms with Crippen molar-refractivity contribution < 1.29 is 13.2 Å². The highest BCUT2D eigenvalue weighted by atomic mass is 32.2. The number of amides is 1. The number of unbranched alkanes of at least 4 members (excludes halogenated alkanes) is 1. The fourth-order valence-electron chi connectivity index (χ4n) is 1.09. The van der Waals surface area contributed by atoms with Gasteiger partial charge >= 0.3 is 0 Å². The topological polar surface area (TPSA) is 63.2 Å². The van der Waals surface area contributed by atoms with E-state index >= 15 is 0 Å². The van der Waals surface area contributed by atoms with Gasteiger partial charge in [-0.15, -0.1) is 12.3 Å². The first-order valence-corrected chi connectivity index (χ1v) is 7.03. The molecule has 0 fully saturated rings. The maximum absolute atomic E-state index is 11.4. The minimum atomic E-state index is -3.50. The van der Waals surface area contributed by atoms with Gasteiger partial charge in [-0.2, -0.15) is 0 Å². The Morgan fingerprint density at radius 3 is 2.62 bits per heavy atom. The number of terminal acetylenes is 1. The lowest BCUT2D eigenvalue weighted by atomic mass is 10.1. The van der Waals surface area contributed by atoms with Gasteiger partial charge < -0.3 is 0 Å². The molecule has 0 radical (unpaired) electrons. The fraction of sp³-hybridized carbons (Fsp3) is 0.727. The molecule has 0 spiro atoms. The average molecular weight is 245 g/mol. The lowest BCUT2D eigenvalue weighted by Crippen LogP contribution is -2.33. The first-order valence-electron chi connectivity index (χ1n) is 5.38. The molecule has 92 valence electrons. The molecule has 0 aliphatic rings. The zero-order chi connectivity index (χ0) is 12.6. The van der Waals surface area contributed by atoms with Crippen LogP contribution in [-0.2, 0) is 14.8 Å². The van der Waals surface area contributed by atoms with Gasteiger partial charge in [-0.05, 0) is 12.3 Å². The zero-order valence-electron chi connectivity index (χ0n) is 9.82. The monoisotopic (exact) mass is 245 g/mol. The first kappa shape index (κ1) is 15.0. The number of sulfonamides is 1. The molecule has 1 N–H and O–H groups in total. The second-order valence-electron chi connectivity index (χ2n) is 3.87. The first-order chi connectivity index (χ1) is 7.41. The van der Waals surface area contributed by atoms with Crippen molar-refractivity contribution >= 4 is 15.9 Å². The van der Waals surface area contributed by atoms with Crippen molar-refractivity contribution in [3.05, 3.63) is 0 Å². The van der Waals surface area contributed by atoms with Crippen LogP contribution in [0.5, 0.6) is 0 Å². The quantitative estimate of drug-likeness (QED) is 0.543. The number of hydrogen-bond acceptors (Lipinski definition) is 3. The highest BCUT2D eigenvalue weighted by Crippen LogP contribution is 2.06. The molecule has 0 rings (SSSR count). The molecule has 1 unspecified atom stereocenters. The summed E-state index contributed by atoms with van der Waals surface area (Å²) < 4.78 is 24.8. The summed E-state index contributed by atoms with van der Waals surface area (Å²) in [6.07, 6.45) is 6.88. The lowest BCUT2D eigenvalue weighted by Gasteiger charge is -2.09. The Morgan fingerprint density at radius 2 is 2.12 bits per heavy atom. The van der Waals surface area contributed by atoms with Crippen LogP contribution in [0.4, 0.5) is 0 Å². The summed E-state index contributed by atoms with van der Waals surface area (Å²) in [5.41, 5.74) is 0. The minimum absolute atomic E-state index is 0.0938. The molecule has 1 atom stereocenters. The van der Waals surface area contributed by atoms with E-state index < -0.39 is 15.9 Å². The highest BCUT2D eigenvalue weighted by Gasteiger charge is 2.15. The van der Waals surface area contributed by atoms with E-state index in [1.54, 1.807) is 0 Å². The number of carbonyl (C=O) groups is 1. The normalized spacial score (nSPS) is 12.8. The maximum Gasteiger partial charge on any atom is 0.234 e. The summed E-state index contributed by atoms with van der Waals surface area (Å²) in [7, 11) is -3.50. The maximum atomic E-state index is 11.4. The van der Waals surface area contributed by atoms with E-state index in [2.05, 4.69) is 5.92 Å².